The van der Waals surface area contributed by atoms with Gasteiger partial charge >= 0.3 is 0 Å². The van der Waals surface area contributed by atoms with E-state index in [9.17, 15) is 4.79 Å². The van der Waals surface area contributed by atoms with E-state index in [-0.39, 0.29) is 12.5 Å². The minimum absolute atomic E-state index is 0.0169. The molecule has 1 rings (SSSR count). The smallest absolute Gasteiger partial charge is 0.236 e. The fourth-order valence-corrected chi connectivity index (χ4v) is 0.942. The Hall–Kier alpha value is -0.610. The van der Waals surface area contributed by atoms with Crippen LogP contribution in [-0.4, -0.2) is 43.7 Å². The Morgan fingerprint density at radius 2 is 1.92 bits per heavy atom. The normalized spacial score (nSPS) is 16.4. The summed E-state index contributed by atoms with van der Waals surface area (Å²) >= 11 is 0. The molecule has 1 saturated heterocycles. The van der Waals surface area contributed by atoms with Crippen molar-refractivity contribution in [2.45, 2.75) is 13.8 Å². The van der Waals surface area contributed by atoms with Crippen molar-refractivity contribution in [1.29, 1.82) is 0 Å². The van der Waals surface area contributed by atoms with Gasteiger partial charge in [-0.1, -0.05) is 13.8 Å². The molecule has 12 heavy (non-hydrogen) atoms. The number of nitrogens with zero attached hydrogens (tertiary/aromatic N) is 1. The molecule has 4 nitrogen and oxygen atoms in total. The van der Waals surface area contributed by atoms with Crippen molar-refractivity contribution in [1.82, 2.24) is 4.90 Å². The number of carbonyl (C=O) groups excluding carboxylic acids is 1. The van der Waals surface area contributed by atoms with Gasteiger partial charge in [0.2, 0.25) is 5.91 Å². The van der Waals surface area contributed by atoms with Crippen LogP contribution in [0.5, 0.6) is 0 Å². The molecule has 1 fully saturated rings. The average molecular weight is 174 g/mol. The van der Waals surface area contributed by atoms with E-state index in [2.05, 4.69) is 0 Å². The Balaban J connectivity index is 0.000000561. The Kier molecular flexibility index (Phi) is 6.70. The molecule has 1 aliphatic heterocycles. The van der Waals surface area contributed by atoms with Gasteiger partial charge in [-0.25, -0.2) is 0 Å². The van der Waals surface area contributed by atoms with Gasteiger partial charge in [0.1, 0.15) is 0 Å². The van der Waals surface area contributed by atoms with E-state index in [1.807, 2.05) is 13.8 Å². The number of nitrogens with two attached hydrogens (primary N) is 1. The lowest BCUT2D eigenvalue weighted by atomic mass is 10.4. The van der Waals surface area contributed by atoms with E-state index in [1.165, 1.54) is 0 Å². The van der Waals surface area contributed by atoms with Crippen molar-refractivity contribution in [3.8, 4) is 0 Å². The van der Waals surface area contributed by atoms with Crippen molar-refractivity contribution in [2.24, 2.45) is 5.73 Å². The second-order valence-electron chi connectivity index (χ2n) is 2.20. The topological polar surface area (TPSA) is 55.6 Å². The highest BCUT2D eigenvalue weighted by Gasteiger charge is 2.14. The maximum Gasteiger partial charge on any atom is 0.236 e. The molecule has 0 saturated carbocycles. The molecule has 2 N–H and O–H groups in total. The van der Waals surface area contributed by atoms with Crippen LogP contribution in [0.15, 0.2) is 0 Å². The van der Waals surface area contributed by atoms with Crippen LogP contribution < -0.4 is 5.73 Å². The quantitative estimate of drug-likeness (QED) is 0.600. The molecule has 0 aliphatic carbocycles. The number of carbonyl (C=O) groups is 1. The first-order chi connectivity index (χ1) is 5.84. The van der Waals surface area contributed by atoms with Gasteiger partial charge in [-0.05, 0) is 0 Å². The molecule has 0 spiro atoms. The Morgan fingerprint density at radius 1 is 1.42 bits per heavy atom. The van der Waals surface area contributed by atoms with Gasteiger partial charge in [-0.3, -0.25) is 4.79 Å². The fraction of sp³-hybridized carbons (Fsp3) is 0.875. The predicted molar refractivity (Wildman–Crippen MR) is 47.8 cm³/mol. The summed E-state index contributed by atoms with van der Waals surface area (Å²) in [6, 6.07) is 0. The minimum Gasteiger partial charge on any atom is -0.378 e. The molecule has 0 radical (unpaired) electrons. The third-order valence-corrected chi connectivity index (χ3v) is 1.54. The van der Waals surface area contributed by atoms with Gasteiger partial charge in [-0.2, -0.15) is 0 Å². The van der Waals surface area contributed by atoms with Crippen LogP contribution in [0.2, 0.25) is 0 Å². The molecule has 1 amide bonds. The lowest BCUT2D eigenvalue weighted by Gasteiger charge is -2.26. The number of morpholine rings is 1. The fourth-order valence-electron chi connectivity index (χ4n) is 0.942. The average Bonchev–Trinajstić information content (AvgIpc) is 2.21. The van der Waals surface area contributed by atoms with Crippen molar-refractivity contribution in [3.05, 3.63) is 0 Å². The second-order valence-corrected chi connectivity index (χ2v) is 2.20. The van der Waals surface area contributed by atoms with Gasteiger partial charge in [0.25, 0.3) is 0 Å². The maximum atomic E-state index is 10.9. The van der Waals surface area contributed by atoms with Gasteiger partial charge in [0.05, 0.1) is 19.8 Å². The largest absolute Gasteiger partial charge is 0.378 e. The first-order valence-corrected chi connectivity index (χ1v) is 4.40. The SMILES string of the molecule is CC.NCC(=O)N1CCOCC1. The van der Waals surface area contributed by atoms with E-state index in [1.54, 1.807) is 4.90 Å². The molecule has 1 aliphatic rings. The van der Waals surface area contributed by atoms with Gasteiger partial charge in [0.15, 0.2) is 0 Å². The summed E-state index contributed by atoms with van der Waals surface area (Å²) in [7, 11) is 0. The zero-order valence-corrected chi connectivity index (χ0v) is 7.88. The first-order valence-electron chi connectivity index (χ1n) is 4.40. The second kappa shape index (κ2) is 7.06. The van der Waals surface area contributed by atoms with Crippen LogP contribution >= 0.6 is 0 Å². The highest BCUT2D eigenvalue weighted by Crippen LogP contribution is 1.95. The molecular formula is C8H18N2O2. The molecule has 0 aromatic heterocycles. The molecule has 0 aromatic rings. The Labute approximate surface area is 73.7 Å². The first kappa shape index (κ1) is 11.4. The molecule has 1 heterocycles. The van der Waals surface area contributed by atoms with Crippen LogP contribution in [0, 0.1) is 0 Å². The third kappa shape index (κ3) is 3.69. The van der Waals surface area contributed by atoms with Gasteiger partial charge < -0.3 is 15.4 Å². The number of rotatable bonds is 1. The molecule has 0 bridgehead atoms. The van der Waals surface area contributed by atoms with Crippen molar-refractivity contribution < 1.29 is 9.53 Å². The van der Waals surface area contributed by atoms with E-state index in [0.29, 0.717) is 26.3 Å². The lowest BCUT2D eigenvalue weighted by molar-refractivity contribution is -0.133. The lowest BCUT2D eigenvalue weighted by Crippen LogP contribution is -2.43. The zero-order chi connectivity index (χ0) is 9.40. The monoisotopic (exact) mass is 174 g/mol. The molecule has 0 aromatic carbocycles. The number of amides is 1. The van der Waals surface area contributed by atoms with Crippen LogP contribution in [0.4, 0.5) is 0 Å². The summed E-state index contributed by atoms with van der Waals surface area (Å²) in [6.07, 6.45) is 0. The Morgan fingerprint density at radius 3 is 2.33 bits per heavy atom. The number of ether oxygens (including phenoxy) is 1. The maximum absolute atomic E-state index is 10.9. The highest BCUT2D eigenvalue weighted by atomic mass is 16.5. The number of hydrogen-bond donors (Lipinski definition) is 1. The highest BCUT2D eigenvalue weighted by molar-refractivity contribution is 5.78. The summed E-state index contributed by atoms with van der Waals surface area (Å²) < 4.78 is 5.06. The molecule has 4 heteroatoms. The van der Waals surface area contributed by atoms with Crippen LogP contribution in [-0.2, 0) is 9.53 Å². The summed E-state index contributed by atoms with van der Waals surface area (Å²) in [4.78, 5) is 12.6. The third-order valence-electron chi connectivity index (χ3n) is 1.54. The van der Waals surface area contributed by atoms with Crippen LogP contribution in [0.25, 0.3) is 0 Å². The van der Waals surface area contributed by atoms with Crippen LogP contribution in [0.1, 0.15) is 13.8 Å². The molecule has 0 atom stereocenters. The van der Waals surface area contributed by atoms with Crippen molar-refractivity contribution >= 4 is 5.91 Å². The van der Waals surface area contributed by atoms with Crippen molar-refractivity contribution in [3.63, 3.8) is 0 Å². The summed E-state index contributed by atoms with van der Waals surface area (Å²) in [6.45, 7) is 6.78. The van der Waals surface area contributed by atoms with E-state index >= 15 is 0 Å². The minimum atomic E-state index is 0.0169. The number of hydrogen-bond acceptors (Lipinski definition) is 3. The zero-order valence-electron chi connectivity index (χ0n) is 7.88. The summed E-state index contributed by atoms with van der Waals surface area (Å²) in [5.74, 6) is 0.0169. The summed E-state index contributed by atoms with van der Waals surface area (Å²) in [5, 5.41) is 0. The molecular weight excluding hydrogens is 156 g/mol. The van der Waals surface area contributed by atoms with Gasteiger partial charge in [0, 0.05) is 13.1 Å². The predicted octanol–water partition coefficient (Wildman–Crippen LogP) is -0.170. The van der Waals surface area contributed by atoms with Crippen LogP contribution in [0.3, 0.4) is 0 Å². The molecule has 72 valence electrons. The standard InChI is InChI=1S/C6H12N2O2.C2H6/c7-5-6(9)8-1-3-10-4-2-8;1-2/h1-5,7H2;1-2H3. The molecule has 0 unspecified atom stereocenters. The van der Waals surface area contributed by atoms with Crippen molar-refractivity contribution in [2.75, 3.05) is 32.8 Å². The van der Waals surface area contributed by atoms with E-state index in [4.69, 9.17) is 10.5 Å². The summed E-state index contributed by atoms with van der Waals surface area (Å²) in [5.41, 5.74) is 5.17. The van der Waals surface area contributed by atoms with E-state index in [0.717, 1.165) is 0 Å². The van der Waals surface area contributed by atoms with Gasteiger partial charge in [-0.15, -0.1) is 0 Å². The van der Waals surface area contributed by atoms with E-state index < -0.39 is 0 Å². The Bertz CT molecular complexity index is 122.